The molecule has 0 radical (unpaired) electrons. The molecular formula is C29H27FN6O3S. The van der Waals surface area contributed by atoms with Gasteiger partial charge in [-0.3, -0.25) is 0 Å². The van der Waals surface area contributed by atoms with Gasteiger partial charge in [-0.05, 0) is 42.8 Å². The molecule has 11 heteroatoms. The van der Waals surface area contributed by atoms with Gasteiger partial charge in [-0.2, -0.15) is 0 Å². The molecule has 40 heavy (non-hydrogen) atoms. The standard InChI is InChI=1S/C29H27FN6O3S/c1-39-25-19-21(13-14-23(25)30)26-27(36-28(35-26)20-9-4-2-5-10-20)24-15-18-32-29(34-24)31-16-8-17-33-40(37,38)22-11-6-3-7-12-22/h2-7,9-15,18-19,33H,8,16-17H2,1H3,(H,35,36)(H,31,32,34). The van der Waals surface area contributed by atoms with Gasteiger partial charge in [-0.25, -0.2) is 32.5 Å². The van der Waals surface area contributed by atoms with Gasteiger partial charge in [0, 0.05) is 30.4 Å². The first-order chi connectivity index (χ1) is 19.4. The van der Waals surface area contributed by atoms with E-state index in [1.54, 1.807) is 54.7 Å². The molecule has 0 atom stereocenters. The number of hydrogen-bond donors (Lipinski definition) is 3. The summed E-state index contributed by atoms with van der Waals surface area (Å²) in [6, 6.07) is 24.2. The Morgan fingerprint density at radius 3 is 2.40 bits per heavy atom. The average Bonchev–Trinajstić information content (AvgIpc) is 3.44. The smallest absolute Gasteiger partial charge is 0.240 e. The van der Waals surface area contributed by atoms with E-state index in [1.807, 2.05) is 30.3 Å². The largest absolute Gasteiger partial charge is 0.494 e. The highest BCUT2D eigenvalue weighted by Crippen LogP contribution is 2.34. The molecule has 0 saturated carbocycles. The van der Waals surface area contributed by atoms with Gasteiger partial charge in [0.25, 0.3) is 0 Å². The maximum atomic E-state index is 14.1. The van der Waals surface area contributed by atoms with Gasteiger partial charge in [0.1, 0.15) is 5.82 Å². The number of rotatable bonds is 11. The zero-order valence-electron chi connectivity index (χ0n) is 21.6. The summed E-state index contributed by atoms with van der Waals surface area (Å²) in [4.78, 5) is 17.4. The average molecular weight is 559 g/mol. The summed E-state index contributed by atoms with van der Waals surface area (Å²) in [6.07, 6.45) is 2.14. The summed E-state index contributed by atoms with van der Waals surface area (Å²) >= 11 is 0. The number of imidazole rings is 1. The highest BCUT2D eigenvalue weighted by molar-refractivity contribution is 7.89. The van der Waals surface area contributed by atoms with Crippen LogP contribution in [-0.2, 0) is 10.0 Å². The zero-order chi connectivity index (χ0) is 28.0. The molecular weight excluding hydrogens is 531 g/mol. The van der Waals surface area contributed by atoms with Crippen LogP contribution < -0.4 is 14.8 Å². The van der Waals surface area contributed by atoms with Crippen LogP contribution in [0, 0.1) is 5.82 Å². The minimum atomic E-state index is -3.56. The molecule has 5 rings (SSSR count). The van der Waals surface area contributed by atoms with E-state index < -0.39 is 15.8 Å². The minimum Gasteiger partial charge on any atom is -0.494 e. The number of methoxy groups -OCH3 is 1. The maximum absolute atomic E-state index is 14.1. The van der Waals surface area contributed by atoms with Crippen molar-refractivity contribution in [3.05, 3.63) is 96.9 Å². The molecule has 0 unspecified atom stereocenters. The number of ether oxygens (including phenoxy) is 1. The Balaban J connectivity index is 1.34. The second kappa shape index (κ2) is 12.1. The number of nitrogens with zero attached hydrogens (tertiary/aromatic N) is 3. The predicted molar refractivity (Wildman–Crippen MR) is 152 cm³/mol. The molecule has 0 saturated heterocycles. The number of anilines is 1. The van der Waals surface area contributed by atoms with Crippen molar-refractivity contribution in [2.45, 2.75) is 11.3 Å². The van der Waals surface area contributed by atoms with Crippen LogP contribution in [0.5, 0.6) is 5.75 Å². The first-order valence-electron chi connectivity index (χ1n) is 12.6. The number of H-pyrrole nitrogens is 1. The number of aromatic nitrogens is 4. The molecule has 0 aliphatic heterocycles. The number of benzene rings is 3. The molecule has 9 nitrogen and oxygen atoms in total. The third-order valence-electron chi connectivity index (χ3n) is 6.07. The number of nitrogens with one attached hydrogen (secondary N) is 3. The third-order valence-corrected chi connectivity index (χ3v) is 7.55. The van der Waals surface area contributed by atoms with E-state index >= 15 is 0 Å². The highest BCUT2D eigenvalue weighted by Gasteiger charge is 2.18. The van der Waals surface area contributed by atoms with Crippen LogP contribution in [-0.4, -0.2) is 48.6 Å². The van der Waals surface area contributed by atoms with Crippen molar-refractivity contribution in [3.63, 3.8) is 0 Å². The predicted octanol–water partition coefficient (Wildman–Crippen LogP) is 5.13. The van der Waals surface area contributed by atoms with Crippen LogP contribution in [0.25, 0.3) is 34.0 Å². The lowest BCUT2D eigenvalue weighted by Crippen LogP contribution is -2.26. The fraction of sp³-hybridized carbons (Fsp3) is 0.138. The summed E-state index contributed by atoms with van der Waals surface area (Å²) in [5, 5.41) is 3.14. The molecule has 0 spiro atoms. The fourth-order valence-corrected chi connectivity index (χ4v) is 5.16. The molecule has 0 amide bonds. The van der Waals surface area contributed by atoms with Crippen LogP contribution in [0.1, 0.15) is 6.42 Å². The van der Waals surface area contributed by atoms with Crippen molar-refractivity contribution in [1.82, 2.24) is 24.7 Å². The molecule has 5 aromatic rings. The summed E-state index contributed by atoms with van der Waals surface area (Å²) in [5.41, 5.74) is 3.33. The molecule has 2 heterocycles. The first kappa shape index (κ1) is 27.0. The number of halogens is 1. The van der Waals surface area contributed by atoms with Gasteiger partial charge >= 0.3 is 0 Å². The minimum absolute atomic E-state index is 0.112. The molecule has 0 aliphatic rings. The van der Waals surface area contributed by atoms with E-state index in [2.05, 4.69) is 25.0 Å². The van der Waals surface area contributed by atoms with Gasteiger partial charge in [-0.1, -0.05) is 48.5 Å². The SMILES string of the molecule is COc1cc(-c2nc(-c3ccccc3)[nH]c2-c2ccnc(NCCCNS(=O)(=O)c3ccccc3)n2)ccc1F. The van der Waals surface area contributed by atoms with E-state index in [0.29, 0.717) is 47.4 Å². The third kappa shape index (κ3) is 6.16. The number of hydrogen-bond acceptors (Lipinski definition) is 7. The van der Waals surface area contributed by atoms with Crippen molar-refractivity contribution < 1.29 is 17.5 Å². The number of sulfonamides is 1. The summed E-state index contributed by atoms with van der Waals surface area (Å²) in [5.74, 6) is 0.654. The molecule has 0 aliphatic carbocycles. The maximum Gasteiger partial charge on any atom is 0.240 e. The molecule has 2 aromatic heterocycles. The lowest BCUT2D eigenvalue weighted by Gasteiger charge is -2.09. The second-order valence-electron chi connectivity index (χ2n) is 8.78. The second-order valence-corrected chi connectivity index (χ2v) is 10.5. The van der Waals surface area contributed by atoms with Crippen LogP contribution in [0.3, 0.4) is 0 Å². The Hall–Kier alpha value is -4.61. The topological polar surface area (TPSA) is 122 Å². The number of aromatic amines is 1. The monoisotopic (exact) mass is 558 g/mol. The van der Waals surface area contributed by atoms with E-state index in [0.717, 1.165) is 5.56 Å². The Kier molecular flexibility index (Phi) is 8.13. The van der Waals surface area contributed by atoms with Gasteiger partial charge in [0.15, 0.2) is 11.6 Å². The van der Waals surface area contributed by atoms with E-state index in [1.165, 1.54) is 13.2 Å². The highest BCUT2D eigenvalue weighted by atomic mass is 32.2. The van der Waals surface area contributed by atoms with E-state index in [4.69, 9.17) is 9.72 Å². The molecule has 3 aromatic carbocycles. The Morgan fingerprint density at radius 2 is 1.65 bits per heavy atom. The van der Waals surface area contributed by atoms with Crippen molar-refractivity contribution >= 4 is 16.0 Å². The zero-order valence-corrected chi connectivity index (χ0v) is 22.5. The summed E-state index contributed by atoms with van der Waals surface area (Å²) in [6.45, 7) is 0.697. The first-order valence-corrected chi connectivity index (χ1v) is 14.0. The van der Waals surface area contributed by atoms with Crippen molar-refractivity contribution in [2.75, 3.05) is 25.5 Å². The molecule has 0 bridgehead atoms. The summed E-state index contributed by atoms with van der Waals surface area (Å²) < 4.78 is 46.7. The molecule has 0 fully saturated rings. The lowest BCUT2D eigenvalue weighted by atomic mass is 10.1. The van der Waals surface area contributed by atoms with Gasteiger partial charge in [0.05, 0.1) is 29.1 Å². The Morgan fingerprint density at radius 1 is 0.900 bits per heavy atom. The van der Waals surface area contributed by atoms with E-state index in [9.17, 15) is 12.8 Å². The van der Waals surface area contributed by atoms with Crippen LogP contribution in [0.2, 0.25) is 0 Å². The van der Waals surface area contributed by atoms with Gasteiger partial charge in [0.2, 0.25) is 16.0 Å². The van der Waals surface area contributed by atoms with Gasteiger partial charge in [-0.15, -0.1) is 0 Å². The van der Waals surface area contributed by atoms with Crippen LogP contribution in [0.4, 0.5) is 10.3 Å². The lowest BCUT2D eigenvalue weighted by molar-refractivity contribution is 0.387. The Bertz CT molecular complexity index is 1700. The van der Waals surface area contributed by atoms with Crippen molar-refractivity contribution in [3.8, 4) is 39.8 Å². The van der Waals surface area contributed by atoms with Crippen molar-refractivity contribution in [1.29, 1.82) is 0 Å². The molecule has 204 valence electrons. The van der Waals surface area contributed by atoms with Crippen LogP contribution >= 0.6 is 0 Å². The molecule has 3 N–H and O–H groups in total. The normalized spacial score (nSPS) is 11.3. The van der Waals surface area contributed by atoms with E-state index in [-0.39, 0.29) is 17.2 Å². The summed E-state index contributed by atoms with van der Waals surface area (Å²) in [7, 11) is -2.15. The van der Waals surface area contributed by atoms with Gasteiger partial charge < -0.3 is 15.0 Å². The van der Waals surface area contributed by atoms with Crippen LogP contribution in [0.15, 0.2) is 96.0 Å². The van der Waals surface area contributed by atoms with Crippen molar-refractivity contribution in [2.24, 2.45) is 0 Å². The Labute approximate surface area is 231 Å². The fourth-order valence-electron chi connectivity index (χ4n) is 4.07. The quantitative estimate of drug-likeness (QED) is 0.192.